The maximum atomic E-state index is 13.4. The number of halogens is 1. The number of anilines is 1. The first-order valence-corrected chi connectivity index (χ1v) is 11.3. The third kappa shape index (κ3) is 5.59. The molecule has 3 aromatic carbocycles. The van der Waals surface area contributed by atoms with Crippen molar-refractivity contribution in [3.05, 3.63) is 96.1 Å². The molecule has 1 atom stereocenters. The van der Waals surface area contributed by atoms with Gasteiger partial charge < -0.3 is 10.1 Å². The molecule has 1 amide bonds. The number of aromatic nitrogens is 3. The van der Waals surface area contributed by atoms with Crippen molar-refractivity contribution in [3.63, 3.8) is 0 Å². The molecular weight excluding hydrogens is 439 g/mol. The lowest BCUT2D eigenvalue weighted by Gasteiger charge is -2.14. The van der Waals surface area contributed by atoms with Crippen LogP contribution in [0.5, 0.6) is 5.75 Å². The zero-order valence-electron chi connectivity index (χ0n) is 18.2. The molecule has 0 aliphatic heterocycles. The van der Waals surface area contributed by atoms with Crippen LogP contribution in [0.1, 0.15) is 18.3 Å². The van der Waals surface area contributed by atoms with Crippen molar-refractivity contribution in [1.82, 2.24) is 14.8 Å². The highest BCUT2D eigenvalue weighted by Crippen LogP contribution is 2.27. The number of benzene rings is 3. The van der Waals surface area contributed by atoms with Gasteiger partial charge in [0.05, 0.1) is 5.25 Å². The van der Waals surface area contributed by atoms with Gasteiger partial charge in [0.25, 0.3) is 0 Å². The van der Waals surface area contributed by atoms with Gasteiger partial charge in [-0.1, -0.05) is 54.2 Å². The Hall–Kier alpha value is -3.65. The van der Waals surface area contributed by atoms with E-state index in [2.05, 4.69) is 15.5 Å². The van der Waals surface area contributed by atoms with E-state index in [9.17, 15) is 9.18 Å². The van der Waals surface area contributed by atoms with E-state index >= 15 is 0 Å². The summed E-state index contributed by atoms with van der Waals surface area (Å²) >= 11 is 1.27. The molecule has 4 rings (SSSR count). The van der Waals surface area contributed by atoms with Crippen LogP contribution >= 0.6 is 11.8 Å². The summed E-state index contributed by atoms with van der Waals surface area (Å²) < 4.78 is 21.3. The Morgan fingerprint density at radius 2 is 1.82 bits per heavy atom. The molecule has 0 fully saturated rings. The fourth-order valence-corrected chi connectivity index (χ4v) is 4.08. The molecule has 33 heavy (non-hydrogen) atoms. The molecule has 1 heterocycles. The van der Waals surface area contributed by atoms with Crippen LogP contribution in [0.3, 0.4) is 0 Å². The highest BCUT2D eigenvalue weighted by molar-refractivity contribution is 8.00. The molecule has 0 radical (unpaired) electrons. The molecule has 0 aliphatic carbocycles. The molecule has 4 aromatic rings. The maximum Gasteiger partial charge on any atom is 0.237 e. The molecular formula is C25H23FN4O2S. The van der Waals surface area contributed by atoms with Crippen LogP contribution in [-0.4, -0.2) is 25.9 Å². The molecule has 6 nitrogen and oxygen atoms in total. The number of amides is 1. The van der Waals surface area contributed by atoms with E-state index in [-0.39, 0.29) is 12.5 Å². The van der Waals surface area contributed by atoms with Crippen LogP contribution in [0.4, 0.5) is 10.1 Å². The summed E-state index contributed by atoms with van der Waals surface area (Å²) in [5.41, 5.74) is 2.30. The predicted molar refractivity (Wildman–Crippen MR) is 127 cm³/mol. The fraction of sp³-hybridized carbons (Fsp3) is 0.160. The Morgan fingerprint density at radius 3 is 2.58 bits per heavy atom. The Morgan fingerprint density at radius 1 is 1.06 bits per heavy atom. The van der Waals surface area contributed by atoms with Crippen LogP contribution < -0.4 is 10.1 Å². The minimum atomic E-state index is -0.495. The van der Waals surface area contributed by atoms with Gasteiger partial charge in [-0.25, -0.2) is 4.39 Å². The first-order chi connectivity index (χ1) is 16.0. The van der Waals surface area contributed by atoms with Crippen molar-refractivity contribution in [2.45, 2.75) is 30.9 Å². The van der Waals surface area contributed by atoms with E-state index in [4.69, 9.17) is 4.74 Å². The van der Waals surface area contributed by atoms with Crippen molar-refractivity contribution >= 4 is 23.4 Å². The third-order valence-electron chi connectivity index (χ3n) is 4.91. The number of hydrogen-bond donors (Lipinski definition) is 1. The number of carbonyl (C=O) groups is 1. The second-order valence-corrected chi connectivity index (χ2v) is 8.69. The minimum absolute atomic E-state index is 0.219. The normalized spacial score (nSPS) is 11.7. The Balaban J connectivity index is 1.55. The number of nitrogens with one attached hydrogen (secondary N) is 1. The first-order valence-electron chi connectivity index (χ1n) is 10.4. The van der Waals surface area contributed by atoms with E-state index in [0.29, 0.717) is 16.7 Å². The molecule has 0 saturated carbocycles. The smallest absolute Gasteiger partial charge is 0.237 e. The lowest BCUT2D eigenvalue weighted by Crippen LogP contribution is -2.23. The summed E-state index contributed by atoms with van der Waals surface area (Å²) in [5, 5.41) is 11.5. The number of ether oxygens (including phenoxy) is 1. The number of aryl methyl sites for hydroxylation is 1. The van der Waals surface area contributed by atoms with E-state index in [1.807, 2.05) is 66.1 Å². The molecule has 168 valence electrons. The summed E-state index contributed by atoms with van der Waals surface area (Å²) in [4.78, 5) is 12.7. The second-order valence-electron chi connectivity index (χ2n) is 7.38. The predicted octanol–water partition coefficient (Wildman–Crippen LogP) is 5.41. The van der Waals surface area contributed by atoms with Gasteiger partial charge >= 0.3 is 0 Å². The zero-order valence-corrected chi connectivity index (χ0v) is 19.1. The lowest BCUT2D eigenvalue weighted by molar-refractivity contribution is -0.115. The highest BCUT2D eigenvalue weighted by atomic mass is 32.2. The first kappa shape index (κ1) is 22.5. The summed E-state index contributed by atoms with van der Waals surface area (Å²) in [6.07, 6.45) is 0. The number of carbonyl (C=O) groups excluding carboxylic acids is 1. The van der Waals surface area contributed by atoms with E-state index < -0.39 is 11.1 Å². The van der Waals surface area contributed by atoms with Gasteiger partial charge in [0.2, 0.25) is 5.91 Å². The van der Waals surface area contributed by atoms with Gasteiger partial charge in [-0.05, 0) is 55.8 Å². The molecule has 1 unspecified atom stereocenters. The van der Waals surface area contributed by atoms with Crippen LogP contribution in [0.15, 0.2) is 84.0 Å². The Labute approximate surface area is 195 Å². The molecule has 8 heteroatoms. The molecule has 0 saturated heterocycles. The summed E-state index contributed by atoms with van der Waals surface area (Å²) in [6.45, 7) is 3.97. The van der Waals surface area contributed by atoms with E-state index in [1.165, 1.54) is 23.9 Å². The van der Waals surface area contributed by atoms with Crippen LogP contribution in [-0.2, 0) is 11.4 Å². The van der Waals surface area contributed by atoms with Gasteiger partial charge in [0.15, 0.2) is 11.0 Å². The average Bonchev–Trinajstić information content (AvgIpc) is 3.21. The number of hydrogen-bond acceptors (Lipinski definition) is 5. The number of rotatable bonds is 8. The number of para-hydroxylation sites is 2. The van der Waals surface area contributed by atoms with Crippen LogP contribution in [0.25, 0.3) is 5.69 Å². The summed E-state index contributed by atoms with van der Waals surface area (Å²) in [5.74, 6) is 0.725. The Bertz CT molecular complexity index is 1250. The van der Waals surface area contributed by atoms with Crippen LogP contribution in [0, 0.1) is 12.7 Å². The third-order valence-corrected chi connectivity index (χ3v) is 5.95. The molecule has 1 aromatic heterocycles. The number of thioether (sulfide) groups is 1. The topological polar surface area (TPSA) is 69.0 Å². The molecule has 0 bridgehead atoms. The van der Waals surface area contributed by atoms with Crippen LogP contribution in [0.2, 0.25) is 0 Å². The van der Waals surface area contributed by atoms with Gasteiger partial charge in [-0.15, -0.1) is 10.2 Å². The maximum absolute atomic E-state index is 13.4. The van der Waals surface area contributed by atoms with Crippen molar-refractivity contribution < 1.29 is 13.9 Å². The minimum Gasteiger partial charge on any atom is -0.485 e. The molecule has 1 N–H and O–H groups in total. The van der Waals surface area contributed by atoms with Gasteiger partial charge in [-0.2, -0.15) is 0 Å². The highest BCUT2D eigenvalue weighted by Gasteiger charge is 2.22. The summed E-state index contributed by atoms with van der Waals surface area (Å²) in [6, 6.07) is 23.3. The van der Waals surface area contributed by atoms with Gasteiger partial charge in [0.1, 0.15) is 18.2 Å². The number of nitrogens with zero attached hydrogens (tertiary/aromatic N) is 3. The SMILES string of the molecule is Cc1ccccc1OCc1nnc(SC(C)C(=O)Nc2cccc(F)c2)n1-c1ccccc1. The summed E-state index contributed by atoms with van der Waals surface area (Å²) in [7, 11) is 0. The van der Waals surface area contributed by atoms with Crippen molar-refractivity contribution in [3.8, 4) is 11.4 Å². The monoisotopic (exact) mass is 462 g/mol. The second kappa shape index (κ2) is 10.3. The zero-order chi connectivity index (χ0) is 23.2. The lowest BCUT2D eigenvalue weighted by atomic mass is 10.2. The van der Waals surface area contributed by atoms with E-state index in [1.54, 1.807) is 19.1 Å². The quantitative estimate of drug-likeness (QED) is 0.355. The van der Waals surface area contributed by atoms with Crippen molar-refractivity contribution in [2.75, 3.05) is 5.32 Å². The average molecular weight is 463 g/mol. The van der Waals surface area contributed by atoms with Crippen molar-refractivity contribution in [1.29, 1.82) is 0 Å². The largest absolute Gasteiger partial charge is 0.485 e. The molecule has 0 spiro atoms. The molecule has 0 aliphatic rings. The Kier molecular flexibility index (Phi) is 7.04. The van der Waals surface area contributed by atoms with Gasteiger partial charge in [-0.3, -0.25) is 9.36 Å². The van der Waals surface area contributed by atoms with Crippen molar-refractivity contribution in [2.24, 2.45) is 0 Å². The van der Waals surface area contributed by atoms with Gasteiger partial charge in [0, 0.05) is 11.4 Å². The standard InChI is InChI=1S/C25H23FN4O2S/c1-17-9-6-7-14-22(17)32-16-23-28-29-25(30(23)21-12-4-3-5-13-21)33-18(2)24(31)27-20-11-8-10-19(26)15-20/h3-15,18H,16H2,1-2H3,(H,27,31). The fourth-order valence-electron chi connectivity index (χ4n) is 3.19. The van der Waals surface area contributed by atoms with E-state index in [0.717, 1.165) is 17.0 Å².